The maximum atomic E-state index is 13.0. The van der Waals surface area contributed by atoms with Gasteiger partial charge in [-0.1, -0.05) is 15.9 Å². The number of halogens is 3. The number of carboxylic acid groups (broad SMARTS) is 1. The van der Waals surface area contributed by atoms with Crippen molar-refractivity contribution in [1.82, 2.24) is 0 Å². The van der Waals surface area contributed by atoms with Gasteiger partial charge in [0.25, 0.3) is 0 Å². The van der Waals surface area contributed by atoms with Crippen LogP contribution in [0.3, 0.4) is 0 Å². The van der Waals surface area contributed by atoms with Crippen molar-refractivity contribution in [3.8, 4) is 0 Å². The molecule has 0 saturated carbocycles. The molecule has 0 saturated heterocycles. The Morgan fingerprint density at radius 2 is 1.79 bits per heavy atom. The van der Waals surface area contributed by atoms with Crippen molar-refractivity contribution in [3.63, 3.8) is 0 Å². The first-order valence-corrected chi connectivity index (χ1v) is 4.28. The van der Waals surface area contributed by atoms with E-state index in [2.05, 4.69) is 15.9 Å². The monoisotopic (exact) mass is 266 g/mol. The molecule has 0 aromatic heterocycles. The van der Waals surface area contributed by atoms with E-state index in [1.54, 1.807) is 0 Å². The Labute approximate surface area is 86.1 Å². The number of rotatable bonds is 2. The zero-order valence-electron chi connectivity index (χ0n) is 6.67. The molecular formula is C8H5BrF2O3. The molecule has 76 valence electrons. The van der Waals surface area contributed by atoms with E-state index in [9.17, 15) is 13.6 Å². The van der Waals surface area contributed by atoms with E-state index >= 15 is 0 Å². The fraction of sp³-hybridized carbons (Fsp3) is 0.125. The first kappa shape index (κ1) is 11.1. The van der Waals surface area contributed by atoms with Crippen molar-refractivity contribution in [3.05, 3.63) is 33.8 Å². The lowest BCUT2D eigenvalue weighted by Gasteiger charge is -2.08. The molecule has 2 N–H and O–H groups in total. The van der Waals surface area contributed by atoms with Crippen LogP contribution in [-0.2, 0) is 4.79 Å². The summed E-state index contributed by atoms with van der Waals surface area (Å²) in [5.74, 6) is -3.91. The molecule has 3 nitrogen and oxygen atoms in total. The molecule has 6 heteroatoms. The molecule has 0 bridgehead atoms. The number of carbonyl (C=O) groups is 1. The van der Waals surface area contributed by atoms with Crippen LogP contribution in [0.2, 0.25) is 0 Å². The Kier molecular flexibility index (Phi) is 3.17. The molecule has 0 aliphatic carbocycles. The third kappa shape index (κ3) is 2.08. The largest absolute Gasteiger partial charge is 0.479 e. The number of aliphatic hydroxyl groups is 1. The second-order valence-corrected chi connectivity index (χ2v) is 3.44. The van der Waals surface area contributed by atoms with Crippen molar-refractivity contribution in [2.24, 2.45) is 0 Å². The maximum absolute atomic E-state index is 13.0. The number of hydrogen-bond donors (Lipinski definition) is 2. The summed E-state index contributed by atoms with van der Waals surface area (Å²) >= 11 is 2.82. The van der Waals surface area contributed by atoms with E-state index in [0.717, 1.165) is 12.1 Å². The number of aliphatic carboxylic acids is 1. The third-order valence-electron chi connectivity index (χ3n) is 1.55. The summed E-state index contributed by atoms with van der Waals surface area (Å²) in [6.45, 7) is 0. The molecule has 0 radical (unpaired) electrons. The normalized spacial score (nSPS) is 12.6. The summed E-state index contributed by atoms with van der Waals surface area (Å²) in [6, 6.07) is 1.76. The van der Waals surface area contributed by atoms with Crippen LogP contribution in [0.4, 0.5) is 8.78 Å². The molecule has 1 atom stereocenters. The Bertz CT molecular complexity index is 358. The van der Waals surface area contributed by atoms with Crippen molar-refractivity contribution in [2.45, 2.75) is 6.10 Å². The van der Waals surface area contributed by atoms with E-state index in [1.807, 2.05) is 0 Å². The number of hydrogen-bond acceptors (Lipinski definition) is 2. The van der Waals surface area contributed by atoms with Gasteiger partial charge in [0.2, 0.25) is 0 Å². The van der Waals surface area contributed by atoms with Gasteiger partial charge in [0.15, 0.2) is 6.10 Å². The predicted octanol–water partition coefficient (Wildman–Crippen LogP) is 1.85. The van der Waals surface area contributed by atoms with Crippen molar-refractivity contribution < 1.29 is 23.8 Å². The van der Waals surface area contributed by atoms with Crippen LogP contribution in [0, 0.1) is 11.6 Å². The standard InChI is InChI=1S/C8H5BrF2O3/c9-3-1-4(10)6(5(11)2-3)7(12)8(13)14/h1-2,7,12H,(H,13,14)/t7-/m0/s1. The van der Waals surface area contributed by atoms with Crippen LogP contribution in [0.5, 0.6) is 0 Å². The number of benzene rings is 1. The predicted molar refractivity (Wildman–Crippen MR) is 46.7 cm³/mol. The fourth-order valence-electron chi connectivity index (χ4n) is 0.938. The minimum Gasteiger partial charge on any atom is -0.479 e. The molecule has 1 rings (SSSR count). The summed E-state index contributed by atoms with van der Waals surface area (Å²) in [7, 11) is 0. The van der Waals surface area contributed by atoms with Crippen LogP contribution in [0.15, 0.2) is 16.6 Å². The molecule has 1 aromatic rings. The van der Waals surface area contributed by atoms with Gasteiger partial charge in [0.05, 0.1) is 5.56 Å². The molecule has 0 unspecified atom stereocenters. The van der Waals surface area contributed by atoms with Crippen LogP contribution in [0.25, 0.3) is 0 Å². The summed E-state index contributed by atoms with van der Waals surface area (Å²) in [5, 5.41) is 17.3. The lowest BCUT2D eigenvalue weighted by atomic mass is 10.1. The smallest absolute Gasteiger partial charge is 0.337 e. The Hall–Kier alpha value is -1.01. The number of carboxylic acids is 1. The summed E-state index contributed by atoms with van der Waals surface area (Å²) < 4.78 is 26.2. The van der Waals surface area contributed by atoms with Gasteiger partial charge in [0.1, 0.15) is 11.6 Å². The van der Waals surface area contributed by atoms with E-state index in [1.165, 1.54) is 0 Å². The van der Waals surface area contributed by atoms with Crippen molar-refractivity contribution in [2.75, 3.05) is 0 Å². The van der Waals surface area contributed by atoms with Gasteiger partial charge in [-0.2, -0.15) is 0 Å². The van der Waals surface area contributed by atoms with Crippen LogP contribution < -0.4 is 0 Å². The van der Waals surface area contributed by atoms with E-state index in [-0.39, 0.29) is 4.47 Å². The average Bonchev–Trinajstić information content (AvgIpc) is 2.01. The minimum absolute atomic E-state index is 0.133. The van der Waals surface area contributed by atoms with Crippen molar-refractivity contribution >= 4 is 21.9 Å². The van der Waals surface area contributed by atoms with Gasteiger partial charge >= 0.3 is 5.97 Å². The van der Waals surface area contributed by atoms with Gasteiger partial charge < -0.3 is 10.2 Å². The van der Waals surface area contributed by atoms with Crippen LogP contribution >= 0.6 is 15.9 Å². The molecule has 0 spiro atoms. The van der Waals surface area contributed by atoms with Crippen LogP contribution in [-0.4, -0.2) is 16.2 Å². The topological polar surface area (TPSA) is 57.5 Å². The second kappa shape index (κ2) is 4.02. The van der Waals surface area contributed by atoms with E-state index in [0.29, 0.717) is 0 Å². The van der Waals surface area contributed by atoms with Gasteiger partial charge in [0, 0.05) is 4.47 Å². The zero-order chi connectivity index (χ0) is 10.9. The minimum atomic E-state index is -2.19. The Morgan fingerprint density at radius 3 is 2.14 bits per heavy atom. The van der Waals surface area contributed by atoms with E-state index < -0.39 is 29.3 Å². The van der Waals surface area contributed by atoms with Gasteiger partial charge in [-0.05, 0) is 12.1 Å². The van der Waals surface area contributed by atoms with E-state index in [4.69, 9.17) is 10.2 Å². The first-order valence-electron chi connectivity index (χ1n) is 3.48. The van der Waals surface area contributed by atoms with Gasteiger partial charge in [-0.15, -0.1) is 0 Å². The quantitative estimate of drug-likeness (QED) is 0.859. The highest BCUT2D eigenvalue weighted by Crippen LogP contribution is 2.24. The highest BCUT2D eigenvalue weighted by molar-refractivity contribution is 9.10. The summed E-state index contributed by atoms with van der Waals surface area (Å²) in [4.78, 5) is 10.3. The zero-order valence-corrected chi connectivity index (χ0v) is 8.25. The summed E-state index contributed by atoms with van der Waals surface area (Å²) in [6.07, 6.45) is -2.19. The van der Waals surface area contributed by atoms with Gasteiger partial charge in [-0.3, -0.25) is 0 Å². The number of aliphatic hydroxyl groups excluding tert-OH is 1. The molecular weight excluding hydrogens is 262 g/mol. The second-order valence-electron chi connectivity index (χ2n) is 2.52. The molecule has 0 heterocycles. The third-order valence-corrected chi connectivity index (χ3v) is 2.01. The van der Waals surface area contributed by atoms with Crippen LogP contribution in [0.1, 0.15) is 11.7 Å². The Balaban J connectivity index is 3.27. The Morgan fingerprint density at radius 1 is 1.36 bits per heavy atom. The summed E-state index contributed by atoms with van der Waals surface area (Å²) in [5.41, 5.74) is -0.860. The molecule has 1 aromatic carbocycles. The SMILES string of the molecule is O=C(O)[C@@H](O)c1c(F)cc(Br)cc1F. The molecule has 0 aliphatic heterocycles. The average molecular weight is 267 g/mol. The fourth-order valence-corrected chi connectivity index (χ4v) is 1.34. The van der Waals surface area contributed by atoms with Gasteiger partial charge in [-0.25, -0.2) is 13.6 Å². The first-order chi connectivity index (χ1) is 6.43. The molecule has 0 aliphatic rings. The maximum Gasteiger partial charge on any atom is 0.337 e. The highest BCUT2D eigenvalue weighted by atomic mass is 79.9. The lowest BCUT2D eigenvalue weighted by molar-refractivity contribution is -0.147. The molecule has 14 heavy (non-hydrogen) atoms. The highest BCUT2D eigenvalue weighted by Gasteiger charge is 2.24. The van der Waals surface area contributed by atoms with Crippen molar-refractivity contribution in [1.29, 1.82) is 0 Å². The molecule has 0 fully saturated rings. The lowest BCUT2D eigenvalue weighted by Crippen LogP contribution is -2.14. The molecule has 0 amide bonds.